The maximum absolute atomic E-state index is 10.8. The molecule has 2 rings (SSSR count). The van der Waals surface area contributed by atoms with Crippen molar-refractivity contribution in [2.75, 3.05) is 0 Å². The van der Waals surface area contributed by atoms with E-state index in [9.17, 15) is 10.0 Å². The van der Waals surface area contributed by atoms with Crippen LogP contribution in [0, 0.1) is 11.3 Å². The lowest BCUT2D eigenvalue weighted by Crippen LogP contribution is -2.39. The van der Waals surface area contributed by atoms with Gasteiger partial charge in [-0.3, -0.25) is 5.21 Å². The molecule has 24 heavy (non-hydrogen) atoms. The van der Waals surface area contributed by atoms with Gasteiger partial charge < -0.3 is 14.9 Å². The van der Waals surface area contributed by atoms with Gasteiger partial charge in [0.15, 0.2) is 0 Å². The van der Waals surface area contributed by atoms with Crippen molar-refractivity contribution in [3.05, 3.63) is 53.8 Å². The molecule has 7 nitrogen and oxygen atoms in total. The first-order valence-corrected chi connectivity index (χ1v) is 7.21. The Bertz CT molecular complexity index is 759. The Labute approximate surface area is 139 Å². The second-order valence-corrected chi connectivity index (χ2v) is 5.06. The van der Waals surface area contributed by atoms with E-state index in [4.69, 9.17) is 20.1 Å². The molecule has 3 N–H and O–H groups in total. The van der Waals surface area contributed by atoms with Crippen molar-refractivity contribution in [3.8, 4) is 17.8 Å². The molecule has 0 saturated carbocycles. The quantitative estimate of drug-likeness (QED) is 0.622. The van der Waals surface area contributed by atoms with Crippen LogP contribution in [0.1, 0.15) is 24.7 Å². The number of urea groups is 1. The largest absolute Gasteiger partial charge is 0.426 e. The number of nitriles is 1. The van der Waals surface area contributed by atoms with Gasteiger partial charge in [0.1, 0.15) is 11.5 Å². The summed E-state index contributed by atoms with van der Waals surface area (Å²) in [7, 11) is 0. The maximum Gasteiger partial charge on any atom is 0.338 e. The first-order valence-electron chi connectivity index (χ1n) is 7.21. The van der Waals surface area contributed by atoms with Crippen LogP contribution < -0.4 is 10.5 Å². The van der Waals surface area contributed by atoms with Gasteiger partial charge in [-0.25, -0.2) is 9.86 Å². The number of hydroxylamine groups is 2. The van der Waals surface area contributed by atoms with E-state index >= 15 is 0 Å². The molecule has 0 aliphatic carbocycles. The predicted octanol–water partition coefficient (Wildman–Crippen LogP) is 3.51. The highest BCUT2D eigenvalue weighted by molar-refractivity contribution is 5.70. The van der Waals surface area contributed by atoms with Crippen molar-refractivity contribution in [1.82, 2.24) is 5.06 Å². The summed E-state index contributed by atoms with van der Waals surface area (Å²) < 4.78 is 11.0. The normalized spacial score (nSPS) is 11.9. The Morgan fingerprint density at radius 1 is 1.42 bits per heavy atom. The fraction of sp³-hybridized carbons (Fsp3) is 0.176. The topological polar surface area (TPSA) is 113 Å². The summed E-state index contributed by atoms with van der Waals surface area (Å²) in [6, 6.07) is 10.8. The van der Waals surface area contributed by atoms with Gasteiger partial charge in [-0.05, 0) is 49.8 Å². The number of hydrogen-bond donors (Lipinski definition) is 2. The molecule has 1 heterocycles. The van der Waals surface area contributed by atoms with Gasteiger partial charge >= 0.3 is 6.03 Å². The second kappa shape index (κ2) is 7.85. The molecular formula is C17H17N3O4. The second-order valence-electron chi connectivity index (χ2n) is 5.06. The number of hydrogen-bond acceptors (Lipinski definition) is 5. The standard InChI is InChI=1S/C17H17N3O4/c1-12(20(22)17(19)21)3-2-4-14-9-10-16(23-14)24-15-7-5-13(11-18)6-8-15/h2,4-10,12,22H,3H2,1H3,(H2,19,21)/b4-2+. The number of carbonyl (C=O) groups excluding carboxylic acids is 1. The predicted molar refractivity (Wildman–Crippen MR) is 86.3 cm³/mol. The van der Waals surface area contributed by atoms with Crippen molar-refractivity contribution in [2.45, 2.75) is 19.4 Å². The molecule has 1 aromatic carbocycles. The van der Waals surface area contributed by atoms with Gasteiger partial charge in [-0.1, -0.05) is 6.08 Å². The zero-order valence-corrected chi connectivity index (χ0v) is 13.0. The van der Waals surface area contributed by atoms with E-state index in [1.807, 2.05) is 6.07 Å². The number of amides is 2. The lowest BCUT2D eigenvalue weighted by atomic mass is 10.2. The average Bonchev–Trinajstić information content (AvgIpc) is 3.02. The van der Waals surface area contributed by atoms with Crippen molar-refractivity contribution in [3.63, 3.8) is 0 Å². The highest BCUT2D eigenvalue weighted by atomic mass is 16.6. The third-order valence-electron chi connectivity index (χ3n) is 3.21. The number of primary amides is 1. The van der Waals surface area contributed by atoms with Crippen LogP contribution in [0.25, 0.3) is 6.08 Å². The number of nitrogens with zero attached hydrogens (tertiary/aromatic N) is 2. The lowest BCUT2D eigenvalue weighted by Gasteiger charge is -2.18. The highest BCUT2D eigenvalue weighted by Gasteiger charge is 2.13. The molecule has 7 heteroatoms. The molecule has 0 radical (unpaired) electrons. The summed E-state index contributed by atoms with van der Waals surface area (Å²) >= 11 is 0. The van der Waals surface area contributed by atoms with E-state index in [0.29, 0.717) is 34.5 Å². The van der Waals surface area contributed by atoms with Gasteiger partial charge in [0.2, 0.25) is 0 Å². The first kappa shape index (κ1) is 17.1. The molecule has 2 aromatic rings. The van der Waals surface area contributed by atoms with Crippen LogP contribution in [-0.2, 0) is 0 Å². The van der Waals surface area contributed by atoms with Gasteiger partial charge in [-0.15, -0.1) is 0 Å². The van der Waals surface area contributed by atoms with Crippen LogP contribution in [0.3, 0.4) is 0 Å². The molecule has 1 unspecified atom stereocenters. The fourth-order valence-electron chi connectivity index (χ4n) is 1.89. The van der Waals surface area contributed by atoms with Crippen molar-refractivity contribution >= 4 is 12.1 Å². The Morgan fingerprint density at radius 2 is 2.12 bits per heavy atom. The van der Waals surface area contributed by atoms with Gasteiger partial charge in [0.05, 0.1) is 17.7 Å². The van der Waals surface area contributed by atoms with Crippen LogP contribution in [0.15, 0.2) is 46.9 Å². The van der Waals surface area contributed by atoms with Crippen LogP contribution in [0.4, 0.5) is 4.79 Å². The zero-order valence-electron chi connectivity index (χ0n) is 13.0. The number of carbonyl (C=O) groups is 1. The van der Waals surface area contributed by atoms with Crippen LogP contribution in [-0.4, -0.2) is 22.3 Å². The summed E-state index contributed by atoms with van der Waals surface area (Å²) in [4.78, 5) is 10.8. The van der Waals surface area contributed by atoms with Crippen molar-refractivity contribution < 1.29 is 19.2 Å². The molecule has 2 amide bonds. The Hall–Kier alpha value is -3.24. The van der Waals surface area contributed by atoms with E-state index in [1.54, 1.807) is 55.5 Å². The zero-order chi connectivity index (χ0) is 17.5. The fourth-order valence-corrected chi connectivity index (χ4v) is 1.89. The van der Waals surface area contributed by atoms with E-state index in [2.05, 4.69) is 0 Å². The molecule has 124 valence electrons. The lowest BCUT2D eigenvalue weighted by molar-refractivity contribution is -0.0685. The summed E-state index contributed by atoms with van der Waals surface area (Å²) in [6.07, 6.45) is 3.87. The SMILES string of the molecule is CC(C/C=C/c1ccc(Oc2ccc(C#N)cc2)o1)N(O)C(N)=O. The molecule has 0 aliphatic rings. The first-order chi connectivity index (χ1) is 11.5. The molecule has 0 bridgehead atoms. The highest BCUT2D eigenvalue weighted by Crippen LogP contribution is 2.24. The Balaban J connectivity index is 1.91. The van der Waals surface area contributed by atoms with Gasteiger partial charge in [0.25, 0.3) is 5.95 Å². The summed E-state index contributed by atoms with van der Waals surface area (Å²) in [5.74, 6) is 1.44. The number of furan rings is 1. The summed E-state index contributed by atoms with van der Waals surface area (Å²) in [5, 5.41) is 18.6. The Kier molecular flexibility index (Phi) is 5.60. The molecule has 0 saturated heterocycles. The van der Waals surface area contributed by atoms with E-state index in [0.717, 1.165) is 0 Å². The molecule has 1 atom stereocenters. The minimum absolute atomic E-state index is 0.313. The molecule has 0 spiro atoms. The molecule has 0 fully saturated rings. The number of benzene rings is 1. The smallest absolute Gasteiger partial charge is 0.338 e. The summed E-state index contributed by atoms with van der Waals surface area (Å²) in [5.41, 5.74) is 5.52. The number of ether oxygens (including phenoxy) is 1. The third-order valence-corrected chi connectivity index (χ3v) is 3.21. The molecule has 0 aliphatic heterocycles. The molecular weight excluding hydrogens is 310 g/mol. The van der Waals surface area contributed by atoms with E-state index in [1.165, 1.54) is 0 Å². The van der Waals surface area contributed by atoms with Gasteiger partial charge in [-0.2, -0.15) is 5.26 Å². The Morgan fingerprint density at radius 3 is 2.75 bits per heavy atom. The minimum Gasteiger partial charge on any atom is -0.426 e. The van der Waals surface area contributed by atoms with E-state index < -0.39 is 12.1 Å². The van der Waals surface area contributed by atoms with Crippen molar-refractivity contribution in [2.24, 2.45) is 5.73 Å². The summed E-state index contributed by atoms with van der Waals surface area (Å²) in [6.45, 7) is 1.66. The number of nitrogens with two attached hydrogens (primary N) is 1. The van der Waals surface area contributed by atoms with Crippen molar-refractivity contribution in [1.29, 1.82) is 5.26 Å². The van der Waals surface area contributed by atoms with Crippen LogP contribution in [0.2, 0.25) is 0 Å². The monoisotopic (exact) mass is 327 g/mol. The minimum atomic E-state index is -0.896. The van der Waals surface area contributed by atoms with Gasteiger partial charge in [0, 0.05) is 6.07 Å². The maximum atomic E-state index is 10.8. The average molecular weight is 327 g/mol. The molecule has 1 aromatic heterocycles. The number of rotatable bonds is 6. The van der Waals surface area contributed by atoms with Crippen LogP contribution >= 0.6 is 0 Å². The van der Waals surface area contributed by atoms with Crippen LogP contribution in [0.5, 0.6) is 11.7 Å². The van der Waals surface area contributed by atoms with E-state index in [-0.39, 0.29) is 0 Å². The third kappa shape index (κ3) is 4.63.